The van der Waals surface area contributed by atoms with Crippen molar-refractivity contribution in [3.8, 4) is 6.07 Å². The van der Waals surface area contributed by atoms with Crippen LogP contribution in [0, 0.1) is 21.4 Å². The van der Waals surface area contributed by atoms with Gasteiger partial charge in [0.05, 0.1) is 6.07 Å². The summed E-state index contributed by atoms with van der Waals surface area (Å²) < 4.78 is 24.9. The average Bonchev–Trinajstić information content (AvgIpc) is 2.16. The van der Waals surface area contributed by atoms with E-state index in [0.29, 0.717) is 0 Å². The molecule has 1 rings (SSSR count). The molecule has 16 heavy (non-hydrogen) atoms. The standard InChI is InChI=1S/C8H4BrF2N3O2/c9-5-3-4(1-2-12)13-8(14(15)16)6(5)7(10)11/h3,7H,1H2. The van der Waals surface area contributed by atoms with Crippen LogP contribution >= 0.6 is 15.9 Å². The lowest BCUT2D eigenvalue weighted by Gasteiger charge is -2.04. The first-order valence-electron chi connectivity index (χ1n) is 3.96. The van der Waals surface area contributed by atoms with E-state index in [1.807, 2.05) is 0 Å². The van der Waals surface area contributed by atoms with Crippen molar-refractivity contribution in [1.82, 2.24) is 4.98 Å². The highest BCUT2D eigenvalue weighted by atomic mass is 79.9. The Hall–Kier alpha value is -1.62. The molecule has 0 radical (unpaired) electrons. The van der Waals surface area contributed by atoms with Gasteiger partial charge in [0.1, 0.15) is 12.0 Å². The monoisotopic (exact) mass is 291 g/mol. The van der Waals surface area contributed by atoms with Crippen molar-refractivity contribution >= 4 is 21.7 Å². The molecular formula is C8H4BrF2N3O2. The van der Waals surface area contributed by atoms with Crippen LogP contribution in [0.2, 0.25) is 0 Å². The molecule has 0 atom stereocenters. The number of pyridine rings is 1. The van der Waals surface area contributed by atoms with Gasteiger partial charge in [0, 0.05) is 10.5 Å². The van der Waals surface area contributed by atoms with Gasteiger partial charge in [-0.2, -0.15) is 5.26 Å². The molecule has 8 heteroatoms. The fourth-order valence-electron chi connectivity index (χ4n) is 1.07. The third-order valence-corrected chi connectivity index (χ3v) is 2.35. The second-order valence-electron chi connectivity index (χ2n) is 2.73. The highest BCUT2D eigenvalue weighted by molar-refractivity contribution is 9.10. The van der Waals surface area contributed by atoms with Crippen LogP contribution in [0.25, 0.3) is 0 Å². The molecule has 0 aliphatic carbocycles. The number of nitriles is 1. The molecule has 1 aromatic rings. The summed E-state index contributed by atoms with van der Waals surface area (Å²) in [6.45, 7) is 0. The van der Waals surface area contributed by atoms with Crippen LogP contribution in [-0.2, 0) is 6.42 Å². The van der Waals surface area contributed by atoms with Gasteiger partial charge in [0.2, 0.25) is 0 Å². The topological polar surface area (TPSA) is 79.8 Å². The minimum Gasteiger partial charge on any atom is -0.358 e. The van der Waals surface area contributed by atoms with Gasteiger partial charge in [-0.15, -0.1) is 0 Å². The first kappa shape index (κ1) is 12.4. The number of aromatic nitrogens is 1. The summed E-state index contributed by atoms with van der Waals surface area (Å²) in [5.74, 6) is -0.922. The highest BCUT2D eigenvalue weighted by Crippen LogP contribution is 2.34. The lowest BCUT2D eigenvalue weighted by molar-refractivity contribution is -0.391. The van der Waals surface area contributed by atoms with E-state index in [0.717, 1.165) is 0 Å². The molecule has 0 spiro atoms. The zero-order chi connectivity index (χ0) is 12.3. The third-order valence-electron chi connectivity index (χ3n) is 1.69. The largest absolute Gasteiger partial charge is 0.373 e. The predicted octanol–water partition coefficient (Wildman–Crippen LogP) is 2.76. The van der Waals surface area contributed by atoms with E-state index in [1.165, 1.54) is 6.07 Å². The van der Waals surface area contributed by atoms with E-state index in [9.17, 15) is 18.9 Å². The number of rotatable bonds is 3. The van der Waals surface area contributed by atoms with Crippen molar-refractivity contribution in [3.63, 3.8) is 0 Å². The summed E-state index contributed by atoms with van der Waals surface area (Å²) in [6.07, 6.45) is -3.18. The molecule has 0 saturated heterocycles. The molecule has 0 aliphatic heterocycles. The number of nitro groups is 1. The van der Waals surface area contributed by atoms with Gasteiger partial charge in [-0.25, -0.2) is 8.78 Å². The van der Waals surface area contributed by atoms with Gasteiger partial charge < -0.3 is 10.1 Å². The molecule has 0 bridgehead atoms. The van der Waals surface area contributed by atoms with Gasteiger partial charge in [0.25, 0.3) is 6.43 Å². The Bertz CT molecular complexity index is 473. The van der Waals surface area contributed by atoms with E-state index in [4.69, 9.17) is 5.26 Å². The average molecular weight is 292 g/mol. The maximum atomic E-state index is 12.5. The number of halogens is 3. The minimum atomic E-state index is -3.00. The lowest BCUT2D eigenvalue weighted by atomic mass is 10.2. The van der Waals surface area contributed by atoms with Crippen LogP contribution in [0.1, 0.15) is 17.7 Å². The summed E-state index contributed by atoms with van der Waals surface area (Å²) in [5, 5.41) is 18.9. The first-order valence-corrected chi connectivity index (χ1v) is 4.75. The quantitative estimate of drug-likeness (QED) is 0.633. The molecule has 0 fully saturated rings. The van der Waals surface area contributed by atoms with Gasteiger partial charge >= 0.3 is 5.82 Å². The minimum absolute atomic E-state index is 0.0745. The molecule has 0 N–H and O–H groups in total. The Morgan fingerprint density at radius 1 is 1.69 bits per heavy atom. The Labute approximate surface area is 97.0 Å². The maximum Gasteiger partial charge on any atom is 0.373 e. The van der Waals surface area contributed by atoms with Crippen molar-refractivity contribution in [3.05, 3.63) is 31.9 Å². The second kappa shape index (κ2) is 4.94. The summed E-state index contributed by atoms with van der Waals surface area (Å²) in [5.41, 5.74) is -0.697. The van der Waals surface area contributed by atoms with Crippen LogP contribution in [0.3, 0.4) is 0 Å². The zero-order valence-electron chi connectivity index (χ0n) is 7.65. The number of alkyl halides is 2. The van der Waals surface area contributed by atoms with E-state index >= 15 is 0 Å². The Balaban J connectivity index is 3.40. The molecule has 0 saturated carbocycles. The van der Waals surface area contributed by atoms with Crippen LogP contribution in [0.15, 0.2) is 10.5 Å². The first-order chi connectivity index (χ1) is 7.47. The third kappa shape index (κ3) is 2.49. The van der Waals surface area contributed by atoms with Crippen molar-refractivity contribution in [2.75, 3.05) is 0 Å². The fourth-order valence-corrected chi connectivity index (χ4v) is 1.69. The molecule has 0 unspecified atom stereocenters. The lowest BCUT2D eigenvalue weighted by Crippen LogP contribution is -2.03. The summed E-state index contributed by atoms with van der Waals surface area (Å²) in [6, 6.07) is 2.91. The molecule has 0 aliphatic rings. The zero-order valence-corrected chi connectivity index (χ0v) is 9.24. The van der Waals surface area contributed by atoms with Crippen molar-refractivity contribution < 1.29 is 13.7 Å². The van der Waals surface area contributed by atoms with Crippen molar-refractivity contribution in [2.45, 2.75) is 12.8 Å². The van der Waals surface area contributed by atoms with Gasteiger partial charge in [0.15, 0.2) is 5.69 Å². The fraction of sp³-hybridized carbons (Fsp3) is 0.250. The molecule has 1 aromatic heterocycles. The molecule has 84 valence electrons. The van der Waals surface area contributed by atoms with Crippen LogP contribution in [0.4, 0.5) is 14.6 Å². The molecule has 1 heterocycles. The number of hydrogen-bond acceptors (Lipinski definition) is 4. The van der Waals surface area contributed by atoms with Crippen molar-refractivity contribution in [1.29, 1.82) is 5.26 Å². The van der Waals surface area contributed by atoms with Gasteiger partial charge in [-0.3, -0.25) is 0 Å². The second-order valence-corrected chi connectivity index (χ2v) is 3.58. The Kier molecular flexibility index (Phi) is 3.84. The smallest absolute Gasteiger partial charge is 0.358 e. The molecule has 5 nitrogen and oxygen atoms in total. The summed E-state index contributed by atoms with van der Waals surface area (Å²) >= 11 is 2.80. The summed E-state index contributed by atoms with van der Waals surface area (Å²) in [7, 11) is 0. The summed E-state index contributed by atoms with van der Waals surface area (Å²) in [4.78, 5) is 13.0. The van der Waals surface area contributed by atoms with E-state index in [-0.39, 0.29) is 16.6 Å². The molecule has 0 amide bonds. The maximum absolute atomic E-state index is 12.5. The highest BCUT2D eigenvalue weighted by Gasteiger charge is 2.27. The Morgan fingerprint density at radius 3 is 2.75 bits per heavy atom. The van der Waals surface area contributed by atoms with E-state index in [1.54, 1.807) is 6.07 Å². The normalized spacial score (nSPS) is 10.2. The van der Waals surface area contributed by atoms with E-state index < -0.39 is 22.7 Å². The molecular weight excluding hydrogens is 288 g/mol. The predicted molar refractivity (Wildman–Crippen MR) is 52.9 cm³/mol. The SMILES string of the molecule is N#CCc1cc(Br)c(C(F)F)c([N+](=O)[O-])n1. The molecule has 0 aromatic carbocycles. The van der Waals surface area contributed by atoms with Gasteiger partial charge in [-0.05, 0) is 25.8 Å². The van der Waals surface area contributed by atoms with Gasteiger partial charge in [-0.1, -0.05) is 0 Å². The van der Waals surface area contributed by atoms with E-state index in [2.05, 4.69) is 20.9 Å². The number of nitrogens with zero attached hydrogens (tertiary/aromatic N) is 3. The Morgan fingerprint density at radius 2 is 2.31 bits per heavy atom. The van der Waals surface area contributed by atoms with Crippen LogP contribution in [-0.4, -0.2) is 9.91 Å². The van der Waals surface area contributed by atoms with Crippen LogP contribution in [0.5, 0.6) is 0 Å². The van der Waals surface area contributed by atoms with Crippen LogP contribution < -0.4 is 0 Å². The number of hydrogen-bond donors (Lipinski definition) is 0. The van der Waals surface area contributed by atoms with Crippen molar-refractivity contribution in [2.24, 2.45) is 0 Å².